The molecule has 0 spiro atoms. The molecule has 1 aliphatic heterocycles. The van der Waals surface area contributed by atoms with Gasteiger partial charge in [0.1, 0.15) is 11.7 Å². The SMILES string of the molecule is Cc1ccc(C)c(CNC(=O)[C@@H]2CCN(c3ccc(F)cc3)C2=O)c1. The zero-order chi connectivity index (χ0) is 18.0. The molecule has 0 bridgehead atoms. The standard InChI is InChI=1S/C20H21FN2O2/c1-13-3-4-14(2)15(11-13)12-22-19(24)18-9-10-23(20(18)25)17-7-5-16(21)6-8-17/h3-8,11,18H,9-10,12H2,1-2H3,(H,22,24)/t18-/m0/s1. The summed E-state index contributed by atoms with van der Waals surface area (Å²) in [5.74, 6) is -1.52. The van der Waals surface area contributed by atoms with Crippen molar-refractivity contribution < 1.29 is 14.0 Å². The smallest absolute Gasteiger partial charge is 0.239 e. The fraction of sp³-hybridized carbons (Fsp3) is 0.300. The first-order valence-electron chi connectivity index (χ1n) is 8.36. The van der Waals surface area contributed by atoms with Crippen LogP contribution in [0.1, 0.15) is 23.1 Å². The molecule has 130 valence electrons. The highest BCUT2D eigenvalue weighted by Crippen LogP contribution is 2.25. The zero-order valence-electron chi connectivity index (χ0n) is 14.4. The fourth-order valence-corrected chi connectivity index (χ4v) is 3.10. The Kier molecular flexibility index (Phi) is 4.83. The molecular formula is C20H21FN2O2. The van der Waals surface area contributed by atoms with Gasteiger partial charge in [0.2, 0.25) is 11.8 Å². The quantitative estimate of drug-likeness (QED) is 0.870. The molecule has 1 heterocycles. The minimum Gasteiger partial charge on any atom is -0.351 e. The predicted molar refractivity (Wildman–Crippen MR) is 94.6 cm³/mol. The normalized spacial score (nSPS) is 17.0. The first-order valence-corrected chi connectivity index (χ1v) is 8.36. The summed E-state index contributed by atoms with van der Waals surface area (Å²) in [6.45, 7) is 4.88. The van der Waals surface area contributed by atoms with Crippen LogP contribution in [0.2, 0.25) is 0 Å². The summed E-state index contributed by atoms with van der Waals surface area (Å²) < 4.78 is 13.0. The molecule has 3 rings (SSSR count). The van der Waals surface area contributed by atoms with Gasteiger partial charge in [-0.2, -0.15) is 0 Å². The van der Waals surface area contributed by atoms with Crippen LogP contribution in [-0.2, 0) is 16.1 Å². The average Bonchev–Trinajstić information content (AvgIpc) is 2.98. The van der Waals surface area contributed by atoms with Crippen LogP contribution in [0, 0.1) is 25.6 Å². The molecule has 0 aliphatic carbocycles. The van der Waals surface area contributed by atoms with E-state index in [0.717, 1.165) is 16.7 Å². The van der Waals surface area contributed by atoms with Crippen molar-refractivity contribution in [3.63, 3.8) is 0 Å². The molecule has 1 saturated heterocycles. The van der Waals surface area contributed by atoms with Crippen LogP contribution >= 0.6 is 0 Å². The topological polar surface area (TPSA) is 49.4 Å². The lowest BCUT2D eigenvalue weighted by molar-refractivity contribution is -0.132. The van der Waals surface area contributed by atoms with Gasteiger partial charge in [0, 0.05) is 18.8 Å². The second kappa shape index (κ2) is 7.05. The van der Waals surface area contributed by atoms with Crippen molar-refractivity contribution >= 4 is 17.5 Å². The Bertz CT molecular complexity index is 802. The van der Waals surface area contributed by atoms with Gasteiger partial charge in [-0.15, -0.1) is 0 Å². The zero-order valence-corrected chi connectivity index (χ0v) is 14.4. The van der Waals surface area contributed by atoms with Gasteiger partial charge in [0.25, 0.3) is 0 Å². The monoisotopic (exact) mass is 340 g/mol. The number of nitrogens with one attached hydrogen (secondary N) is 1. The van der Waals surface area contributed by atoms with Gasteiger partial charge >= 0.3 is 0 Å². The lowest BCUT2D eigenvalue weighted by atomic mass is 10.0. The first-order chi connectivity index (χ1) is 12.0. The number of anilines is 1. The third-order valence-electron chi connectivity index (χ3n) is 4.62. The average molecular weight is 340 g/mol. The predicted octanol–water partition coefficient (Wildman–Crippen LogP) is 3.11. The number of halogens is 1. The Morgan fingerprint density at radius 1 is 1.20 bits per heavy atom. The van der Waals surface area contributed by atoms with E-state index in [1.54, 1.807) is 17.0 Å². The number of amides is 2. The lowest BCUT2D eigenvalue weighted by Crippen LogP contribution is -2.36. The summed E-state index contributed by atoms with van der Waals surface area (Å²) >= 11 is 0. The van der Waals surface area contributed by atoms with Gasteiger partial charge in [0.05, 0.1) is 0 Å². The minimum absolute atomic E-state index is 0.231. The van der Waals surface area contributed by atoms with Crippen molar-refractivity contribution in [2.45, 2.75) is 26.8 Å². The van der Waals surface area contributed by atoms with Crippen LogP contribution < -0.4 is 10.2 Å². The second-order valence-electron chi connectivity index (χ2n) is 6.46. The maximum absolute atomic E-state index is 13.0. The van der Waals surface area contributed by atoms with E-state index < -0.39 is 5.92 Å². The third-order valence-corrected chi connectivity index (χ3v) is 4.62. The van der Waals surface area contributed by atoms with Crippen LogP contribution in [-0.4, -0.2) is 18.4 Å². The molecule has 2 aromatic carbocycles. The number of hydrogen-bond donors (Lipinski definition) is 1. The maximum Gasteiger partial charge on any atom is 0.239 e. The molecule has 0 saturated carbocycles. The Balaban J connectivity index is 1.64. The molecule has 0 aromatic heterocycles. The summed E-state index contributed by atoms with van der Waals surface area (Å²) in [5, 5.41) is 2.87. The molecule has 2 aromatic rings. The molecule has 1 N–H and O–H groups in total. The van der Waals surface area contributed by atoms with E-state index in [1.165, 1.54) is 12.1 Å². The summed E-state index contributed by atoms with van der Waals surface area (Å²) in [6.07, 6.45) is 0.467. The number of carbonyl (C=O) groups is 2. The number of aryl methyl sites for hydroxylation is 2. The number of nitrogens with zero attached hydrogens (tertiary/aromatic N) is 1. The van der Waals surface area contributed by atoms with Crippen LogP contribution in [0.15, 0.2) is 42.5 Å². The summed E-state index contributed by atoms with van der Waals surface area (Å²) in [6, 6.07) is 11.8. The number of hydrogen-bond acceptors (Lipinski definition) is 2. The van der Waals surface area contributed by atoms with Gasteiger partial charge in [-0.3, -0.25) is 9.59 Å². The van der Waals surface area contributed by atoms with Crippen molar-refractivity contribution in [1.29, 1.82) is 0 Å². The molecule has 0 radical (unpaired) electrons. The van der Waals surface area contributed by atoms with E-state index in [0.29, 0.717) is 25.2 Å². The molecule has 5 heteroatoms. The number of benzene rings is 2. The minimum atomic E-state index is -0.685. The number of rotatable bonds is 4. The lowest BCUT2D eigenvalue weighted by Gasteiger charge is -2.17. The van der Waals surface area contributed by atoms with E-state index >= 15 is 0 Å². The maximum atomic E-state index is 13.0. The van der Waals surface area contributed by atoms with Crippen molar-refractivity contribution in [2.75, 3.05) is 11.4 Å². The van der Waals surface area contributed by atoms with Crippen molar-refractivity contribution in [3.05, 3.63) is 65.0 Å². The van der Waals surface area contributed by atoms with Gasteiger partial charge < -0.3 is 10.2 Å². The Morgan fingerprint density at radius 3 is 2.64 bits per heavy atom. The fourth-order valence-electron chi connectivity index (χ4n) is 3.10. The van der Waals surface area contributed by atoms with Crippen LogP contribution in [0.25, 0.3) is 0 Å². The molecule has 2 amide bonds. The molecule has 25 heavy (non-hydrogen) atoms. The highest BCUT2D eigenvalue weighted by Gasteiger charge is 2.37. The van der Waals surface area contributed by atoms with Gasteiger partial charge in [-0.05, 0) is 55.7 Å². The van der Waals surface area contributed by atoms with E-state index in [2.05, 4.69) is 5.32 Å². The molecule has 0 unspecified atom stereocenters. The largest absolute Gasteiger partial charge is 0.351 e. The van der Waals surface area contributed by atoms with E-state index in [4.69, 9.17) is 0 Å². The van der Waals surface area contributed by atoms with E-state index in [1.807, 2.05) is 32.0 Å². The highest BCUT2D eigenvalue weighted by molar-refractivity contribution is 6.09. The molecule has 1 atom stereocenters. The third kappa shape index (κ3) is 3.71. The van der Waals surface area contributed by atoms with Crippen molar-refractivity contribution in [1.82, 2.24) is 5.32 Å². The Labute approximate surface area is 146 Å². The van der Waals surface area contributed by atoms with Gasteiger partial charge in [0.15, 0.2) is 0 Å². The van der Waals surface area contributed by atoms with Crippen molar-refractivity contribution in [3.8, 4) is 0 Å². The van der Waals surface area contributed by atoms with E-state index in [9.17, 15) is 14.0 Å². The van der Waals surface area contributed by atoms with Crippen LogP contribution in [0.5, 0.6) is 0 Å². The molecule has 1 aliphatic rings. The molecule has 4 nitrogen and oxygen atoms in total. The van der Waals surface area contributed by atoms with Crippen LogP contribution in [0.3, 0.4) is 0 Å². The molecular weight excluding hydrogens is 319 g/mol. The van der Waals surface area contributed by atoms with Gasteiger partial charge in [-0.25, -0.2) is 4.39 Å². The van der Waals surface area contributed by atoms with E-state index in [-0.39, 0.29) is 17.6 Å². The second-order valence-corrected chi connectivity index (χ2v) is 6.46. The Hall–Kier alpha value is -2.69. The first kappa shape index (κ1) is 17.1. The molecule has 1 fully saturated rings. The highest BCUT2D eigenvalue weighted by atomic mass is 19.1. The summed E-state index contributed by atoms with van der Waals surface area (Å²) in [7, 11) is 0. The Morgan fingerprint density at radius 2 is 1.92 bits per heavy atom. The van der Waals surface area contributed by atoms with Crippen molar-refractivity contribution in [2.24, 2.45) is 5.92 Å². The van der Waals surface area contributed by atoms with Gasteiger partial charge in [-0.1, -0.05) is 23.8 Å². The summed E-state index contributed by atoms with van der Waals surface area (Å²) in [4.78, 5) is 26.5. The summed E-state index contributed by atoms with van der Waals surface area (Å²) in [5.41, 5.74) is 3.91. The number of carbonyl (C=O) groups excluding carboxylic acids is 2. The van der Waals surface area contributed by atoms with Crippen LogP contribution in [0.4, 0.5) is 10.1 Å².